The first-order valence-corrected chi connectivity index (χ1v) is 5.94. The molecule has 1 atom stereocenters. The number of ether oxygens (including phenoxy) is 2. The van der Waals surface area contributed by atoms with E-state index in [-0.39, 0.29) is 12.6 Å². The van der Waals surface area contributed by atoms with E-state index in [0.29, 0.717) is 6.54 Å². The number of benzene rings is 1. The molecule has 3 nitrogen and oxygen atoms in total. The standard InChI is InChI=1S/C13H18F3NO2/c1-10(11-4-3-5-12(8-11)18-2)17-6-7-19-9-13(14,15)16/h3-5,8,10,17H,6-7,9H2,1-2H3/t10-/m1/s1. The zero-order chi connectivity index (χ0) is 14.3. The third-order valence-corrected chi connectivity index (χ3v) is 2.56. The van der Waals surface area contributed by atoms with Crippen molar-refractivity contribution in [3.63, 3.8) is 0 Å². The molecule has 0 saturated heterocycles. The topological polar surface area (TPSA) is 30.5 Å². The van der Waals surface area contributed by atoms with Crippen molar-refractivity contribution >= 4 is 0 Å². The van der Waals surface area contributed by atoms with E-state index >= 15 is 0 Å². The van der Waals surface area contributed by atoms with Crippen LogP contribution in [-0.4, -0.2) is 33.0 Å². The SMILES string of the molecule is COc1cccc([C@@H](C)NCCOCC(F)(F)F)c1. The van der Waals surface area contributed by atoms with E-state index in [1.54, 1.807) is 7.11 Å². The van der Waals surface area contributed by atoms with Crippen molar-refractivity contribution < 1.29 is 22.6 Å². The van der Waals surface area contributed by atoms with Crippen LogP contribution in [0.15, 0.2) is 24.3 Å². The van der Waals surface area contributed by atoms with Crippen molar-refractivity contribution in [3.05, 3.63) is 29.8 Å². The summed E-state index contributed by atoms with van der Waals surface area (Å²) in [6, 6.07) is 7.53. The van der Waals surface area contributed by atoms with E-state index in [9.17, 15) is 13.2 Å². The molecule has 0 aromatic heterocycles. The second-order valence-corrected chi connectivity index (χ2v) is 4.12. The Labute approximate surface area is 110 Å². The maximum Gasteiger partial charge on any atom is 0.411 e. The summed E-state index contributed by atoms with van der Waals surface area (Å²) in [7, 11) is 1.59. The molecular formula is C13H18F3NO2. The van der Waals surface area contributed by atoms with Crippen molar-refractivity contribution in [3.8, 4) is 5.75 Å². The molecule has 1 aromatic rings. The zero-order valence-corrected chi connectivity index (χ0v) is 11.0. The molecule has 1 N–H and O–H groups in total. The highest BCUT2D eigenvalue weighted by Crippen LogP contribution is 2.18. The molecule has 0 radical (unpaired) electrons. The summed E-state index contributed by atoms with van der Waals surface area (Å²) < 4.78 is 45.1. The fraction of sp³-hybridized carbons (Fsp3) is 0.538. The lowest BCUT2D eigenvalue weighted by Crippen LogP contribution is -2.26. The lowest BCUT2D eigenvalue weighted by Gasteiger charge is -2.15. The van der Waals surface area contributed by atoms with E-state index < -0.39 is 12.8 Å². The molecule has 0 aliphatic rings. The molecule has 19 heavy (non-hydrogen) atoms. The van der Waals surface area contributed by atoms with Gasteiger partial charge < -0.3 is 14.8 Å². The predicted octanol–water partition coefficient (Wildman–Crippen LogP) is 2.92. The van der Waals surface area contributed by atoms with Gasteiger partial charge in [0.15, 0.2) is 0 Å². The van der Waals surface area contributed by atoms with Gasteiger partial charge in [0, 0.05) is 12.6 Å². The minimum atomic E-state index is -4.27. The molecule has 6 heteroatoms. The molecule has 0 heterocycles. The summed E-state index contributed by atoms with van der Waals surface area (Å²) in [4.78, 5) is 0. The van der Waals surface area contributed by atoms with Gasteiger partial charge in [-0.1, -0.05) is 12.1 Å². The third-order valence-electron chi connectivity index (χ3n) is 2.56. The van der Waals surface area contributed by atoms with Crippen molar-refractivity contribution in [1.29, 1.82) is 0 Å². The van der Waals surface area contributed by atoms with Gasteiger partial charge in [-0.25, -0.2) is 0 Å². The van der Waals surface area contributed by atoms with Gasteiger partial charge in [-0.05, 0) is 24.6 Å². The fourth-order valence-electron chi connectivity index (χ4n) is 1.56. The maximum absolute atomic E-state index is 11.8. The highest BCUT2D eigenvalue weighted by molar-refractivity contribution is 5.30. The minimum Gasteiger partial charge on any atom is -0.497 e. The number of halogens is 3. The van der Waals surface area contributed by atoms with Crippen LogP contribution in [0.5, 0.6) is 5.75 Å². The molecule has 0 saturated carbocycles. The van der Waals surface area contributed by atoms with Crippen molar-refractivity contribution in [2.45, 2.75) is 19.1 Å². The first-order valence-electron chi connectivity index (χ1n) is 5.94. The molecule has 0 fully saturated rings. The first kappa shape index (κ1) is 15.8. The third kappa shape index (κ3) is 6.45. The molecule has 108 valence electrons. The van der Waals surface area contributed by atoms with Crippen LogP contribution in [0.2, 0.25) is 0 Å². The molecule has 0 aliphatic carbocycles. The smallest absolute Gasteiger partial charge is 0.411 e. The average Bonchev–Trinajstić information content (AvgIpc) is 2.37. The molecule has 0 bridgehead atoms. The summed E-state index contributed by atoms with van der Waals surface area (Å²) in [6.45, 7) is 1.10. The number of alkyl halides is 3. The number of hydrogen-bond acceptors (Lipinski definition) is 3. The van der Waals surface area contributed by atoms with Gasteiger partial charge in [0.05, 0.1) is 13.7 Å². The molecular weight excluding hydrogens is 259 g/mol. The first-order chi connectivity index (χ1) is 8.92. The van der Waals surface area contributed by atoms with Crippen LogP contribution < -0.4 is 10.1 Å². The molecule has 0 aliphatic heterocycles. The Bertz CT molecular complexity index is 382. The van der Waals surface area contributed by atoms with Gasteiger partial charge in [-0.3, -0.25) is 0 Å². The maximum atomic E-state index is 11.8. The van der Waals surface area contributed by atoms with Crippen LogP contribution in [0.3, 0.4) is 0 Å². The molecule has 1 rings (SSSR count). The highest BCUT2D eigenvalue weighted by Gasteiger charge is 2.27. The summed E-state index contributed by atoms with van der Waals surface area (Å²) in [5, 5.41) is 3.09. The lowest BCUT2D eigenvalue weighted by molar-refractivity contribution is -0.173. The Kier molecular flexibility index (Phi) is 6.11. The van der Waals surface area contributed by atoms with Crippen molar-refractivity contribution in [2.75, 3.05) is 26.9 Å². The quantitative estimate of drug-likeness (QED) is 0.777. The molecule has 0 amide bonds. The van der Waals surface area contributed by atoms with Gasteiger partial charge in [-0.15, -0.1) is 0 Å². The van der Waals surface area contributed by atoms with Gasteiger partial charge >= 0.3 is 6.18 Å². The second-order valence-electron chi connectivity index (χ2n) is 4.12. The Morgan fingerprint density at radius 2 is 2.05 bits per heavy atom. The Balaban J connectivity index is 2.29. The van der Waals surface area contributed by atoms with E-state index in [1.165, 1.54) is 0 Å². The summed E-state index contributed by atoms with van der Waals surface area (Å²) in [5.41, 5.74) is 1.01. The van der Waals surface area contributed by atoms with Crippen molar-refractivity contribution in [2.24, 2.45) is 0 Å². The second kappa shape index (κ2) is 7.35. The van der Waals surface area contributed by atoms with Crippen LogP contribution in [0.4, 0.5) is 13.2 Å². The number of hydrogen-bond donors (Lipinski definition) is 1. The van der Waals surface area contributed by atoms with Gasteiger partial charge in [0.2, 0.25) is 0 Å². The zero-order valence-electron chi connectivity index (χ0n) is 11.0. The molecule has 0 unspecified atom stereocenters. The van der Waals surface area contributed by atoms with Crippen LogP contribution in [-0.2, 0) is 4.74 Å². The lowest BCUT2D eigenvalue weighted by atomic mass is 10.1. The summed E-state index contributed by atoms with van der Waals surface area (Å²) in [6.07, 6.45) is -4.27. The van der Waals surface area contributed by atoms with E-state index in [1.807, 2.05) is 31.2 Å². The minimum absolute atomic E-state index is 0.0181. The normalized spacial score (nSPS) is 13.3. The van der Waals surface area contributed by atoms with E-state index in [2.05, 4.69) is 10.1 Å². The highest BCUT2D eigenvalue weighted by atomic mass is 19.4. The summed E-state index contributed by atoms with van der Waals surface area (Å²) >= 11 is 0. The predicted molar refractivity (Wildman–Crippen MR) is 66.3 cm³/mol. The largest absolute Gasteiger partial charge is 0.497 e. The molecule has 1 aromatic carbocycles. The van der Waals surface area contributed by atoms with Gasteiger partial charge in [-0.2, -0.15) is 13.2 Å². The Morgan fingerprint density at radius 1 is 1.32 bits per heavy atom. The van der Waals surface area contributed by atoms with Crippen LogP contribution in [0.25, 0.3) is 0 Å². The van der Waals surface area contributed by atoms with E-state index in [4.69, 9.17) is 4.74 Å². The fourth-order valence-corrected chi connectivity index (χ4v) is 1.56. The van der Waals surface area contributed by atoms with E-state index in [0.717, 1.165) is 11.3 Å². The summed E-state index contributed by atoms with van der Waals surface area (Å²) in [5.74, 6) is 0.750. The Hall–Kier alpha value is -1.27. The number of methoxy groups -OCH3 is 1. The number of rotatable bonds is 7. The van der Waals surface area contributed by atoms with Crippen LogP contribution >= 0.6 is 0 Å². The Morgan fingerprint density at radius 3 is 2.68 bits per heavy atom. The monoisotopic (exact) mass is 277 g/mol. The van der Waals surface area contributed by atoms with Crippen LogP contribution in [0, 0.1) is 0 Å². The van der Waals surface area contributed by atoms with Gasteiger partial charge in [0.1, 0.15) is 12.4 Å². The van der Waals surface area contributed by atoms with Crippen LogP contribution in [0.1, 0.15) is 18.5 Å². The molecule has 0 spiro atoms. The average molecular weight is 277 g/mol. The van der Waals surface area contributed by atoms with Gasteiger partial charge in [0.25, 0.3) is 0 Å². The number of nitrogens with one attached hydrogen (secondary N) is 1. The van der Waals surface area contributed by atoms with Crippen molar-refractivity contribution in [1.82, 2.24) is 5.32 Å².